The molecular weight excluding hydrogens is 406 g/mol. The molecule has 0 radical (unpaired) electrons. The first-order chi connectivity index (χ1) is 14.1. The molecule has 0 bridgehead atoms. The second-order valence-corrected chi connectivity index (χ2v) is 7.90. The number of fused-ring (bicyclic) bond motifs is 1. The Morgan fingerprint density at radius 1 is 1.17 bits per heavy atom. The highest BCUT2D eigenvalue weighted by atomic mass is 35.5. The topological polar surface area (TPSA) is 72.7 Å². The molecule has 0 spiro atoms. The van der Waals surface area contributed by atoms with Crippen LogP contribution < -0.4 is 5.32 Å². The first kappa shape index (κ1) is 19.4. The van der Waals surface area contributed by atoms with E-state index in [0.717, 1.165) is 32.9 Å². The fourth-order valence-electron chi connectivity index (χ4n) is 2.95. The van der Waals surface area contributed by atoms with E-state index < -0.39 is 0 Å². The zero-order valence-corrected chi connectivity index (χ0v) is 17.2. The van der Waals surface area contributed by atoms with Gasteiger partial charge in [-0.15, -0.1) is 0 Å². The number of rotatable bonds is 6. The maximum atomic E-state index is 12.4. The van der Waals surface area contributed by atoms with Gasteiger partial charge in [0.1, 0.15) is 11.4 Å². The number of halogens is 1. The third-order valence-corrected chi connectivity index (χ3v) is 5.62. The van der Waals surface area contributed by atoms with Gasteiger partial charge in [-0.1, -0.05) is 53.7 Å². The van der Waals surface area contributed by atoms with Crippen LogP contribution in [0.4, 0.5) is 5.69 Å². The number of hydrogen-bond donors (Lipinski definition) is 1. The summed E-state index contributed by atoms with van der Waals surface area (Å²) in [5.74, 6) is 0.127. The van der Waals surface area contributed by atoms with Gasteiger partial charge >= 0.3 is 0 Å². The molecule has 0 atom stereocenters. The Bertz CT molecular complexity index is 1160. The van der Waals surface area contributed by atoms with Gasteiger partial charge < -0.3 is 5.32 Å². The number of hydrogen-bond acceptors (Lipinski definition) is 5. The highest BCUT2D eigenvalue weighted by Gasteiger charge is 2.13. The molecule has 2 aromatic carbocycles. The van der Waals surface area contributed by atoms with Gasteiger partial charge in [-0.05, 0) is 36.2 Å². The second-order valence-electron chi connectivity index (χ2n) is 6.50. The summed E-state index contributed by atoms with van der Waals surface area (Å²) in [7, 11) is 0. The average Bonchev–Trinajstić information content (AvgIpc) is 3.13. The molecule has 1 N–H and O–H groups in total. The highest BCUT2D eigenvalue weighted by molar-refractivity contribution is 8.00. The summed E-state index contributed by atoms with van der Waals surface area (Å²) in [6.45, 7) is 2.53. The minimum Gasteiger partial charge on any atom is -0.325 e. The summed E-state index contributed by atoms with van der Waals surface area (Å²) in [6, 6.07) is 15.5. The van der Waals surface area contributed by atoms with Crippen molar-refractivity contribution in [2.75, 3.05) is 11.1 Å². The van der Waals surface area contributed by atoms with E-state index in [1.54, 1.807) is 18.3 Å². The molecule has 29 heavy (non-hydrogen) atoms. The van der Waals surface area contributed by atoms with Gasteiger partial charge in [-0.2, -0.15) is 5.10 Å². The van der Waals surface area contributed by atoms with E-state index in [2.05, 4.69) is 20.4 Å². The number of aryl methyl sites for hydroxylation is 1. The van der Waals surface area contributed by atoms with E-state index in [-0.39, 0.29) is 11.7 Å². The molecule has 2 heterocycles. The third-order valence-electron chi connectivity index (χ3n) is 4.37. The molecule has 4 rings (SSSR count). The molecule has 1 amide bonds. The Kier molecular flexibility index (Phi) is 5.78. The van der Waals surface area contributed by atoms with Crippen LogP contribution in [0.3, 0.4) is 0 Å². The van der Waals surface area contributed by atoms with Crippen molar-refractivity contribution in [3.05, 3.63) is 77.2 Å². The van der Waals surface area contributed by atoms with Crippen LogP contribution >= 0.6 is 23.4 Å². The van der Waals surface area contributed by atoms with Crippen molar-refractivity contribution < 1.29 is 4.79 Å². The van der Waals surface area contributed by atoms with Crippen LogP contribution in [0.2, 0.25) is 5.02 Å². The number of amides is 1. The van der Waals surface area contributed by atoms with Gasteiger partial charge in [-0.25, -0.2) is 14.6 Å². The van der Waals surface area contributed by atoms with Crippen LogP contribution in [0.15, 0.2) is 66.1 Å². The van der Waals surface area contributed by atoms with Gasteiger partial charge in [0.25, 0.3) is 0 Å². The zero-order valence-electron chi connectivity index (χ0n) is 15.7. The zero-order chi connectivity index (χ0) is 20.2. The fourth-order valence-corrected chi connectivity index (χ4v) is 3.93. The van der Waals surface area contributed by atoms with E-state index in [1.165, 1.54) is 18.1 Å². The number of aromatic nitrogens is 4. The SMILES string of the molecule is Cc1cc(Cl)ccc1NC(=O)CSc1ncnc2c1cnn2Cc1ccccc1. The van der Waals surface area contributed by atoms with E-state index in [0.29, 0.717) is 11.6 Å². The normalized spacial score (nSPS) is 11.0. The standard InChI is InChI=1S/C21H18ClN5OS/c1-14-9-16(22)7-8-18(14)26-19(28)12-29-21-17-10-25-27(20(17)23-13-24-21)11-15-5-3-2-4-6-15/h2-10,13H,11-12H2,1H3,(H,26,28). The minimum atomic E-state index is -0.108. The van der Waals surface area contributed by atoms with Crippen molar-refractivity contribution in [3.63, 3.8) is 0 Å². The minimum absolute atomic E-state index is 0.108. The maximum Gasteiger partial charge on any atom is 0.234 e. The van der Waals surface area contributed by atoms with Crippen LogP contribution in [0.1, 0.15) is 11.1 Å². The van der Waals surface area contributed by atoms with Crippen molar-refractivity contribution in [1.29, 1.82) is 0 Å². The van der Waals surface area contributed by atoms with Gasteiger partial charge in [0.05, 0.1) is 23.9 Å². The lowest BCUT2D eigenvalue weighted by Gasteiger charge is -2.08. The van der Waals surface area contributed by atoms with Crippen molar-refractivity contribution in [1.82, 2.24) is 19.7 Å². The van der Waals surface area contributed by atoms with Crippen LogP contribution in [-0.2, 0) is 11.3 Å². The fraction of sp³-hybridized carbons (Fsp3) is 0.143. The summed E-state index contributed by atoms with van der Waals surface area (Å²) >= 11 is 7.33. The van der Waals surface area contributed by atoms with E-state index in [9.17, 15) is 4.79 Å². The molecule has 146 valence electrons. The van der Waals surface area contributed by atoms with Crippen molar-refractivity contribution >= 4 is 46.0 Å². The van der Waals surface area contributed by atoms with E-state index in [4.69, 9.17) is 11.6 Å². The highest BCUT2D eigenvalue weighted by Crippen LogP contribution is 2.25. The smallest absolute Gasteiger partial charge is 0.234 e. The van der Waals surface area contributed by atoms with Crippen LogP contribution in [0.5, 0.6) is 0 Å². The average molecular weight is 424 g/mol. The molecule has 4 aromatic rings. The van der Waals surface area contributed by atoms with Crippen LogP contribution in [0.25, 0.3) is 11.0 Å². The van der Waals surface area contributed by atoms with Crippen molar-refractivity contribution in [2.45, 2.75) is 18.5 Å². The lowest BCUT2D eigenvalue weighted by atomic mass is 10.2. The quantitative estimate of drug-likeness (QED) is 0.363. The largest absolute Gasteiger partial charge is 0.325 e. The van der Waals surface area contributed by atoms with Crippen LogP contribution in [0, 0.1) is 6.92 Å². The number of carbonyl (C=O) groups excluding carboxylic acids is 1. The number of nitrogens with one attached hydrogen (secondary N) is 1. The van der Waals surface area contributed by atoms with E-state index in [1.807, 2.05) is 48.0 Å². The molecule has 0 aliphatic heterocycles. The lowest BCUT2D eigenvalue weighted by molar-refractivity contribution is -0.113. The molecule has 0 aliphatic carbocycles. The molecule has 0 aliphatic rings. The van der Waals surface area contributed by atoms with E-state index >= 15 is 0 Å². The van der Waals surface area contributed by atoms with Crippen LogP contribution in [-0.4, -0.2) is 31.4 Å². The molecule has 0 fully saturated rings. The Hall–Kier alpha value is -2.90. The molecule has 2 aromatic heterocycles. The van der Waals surface area contributed by atoms with Crippen molar-refractivity contribution in [2.24, 2.45) is 0 Å². The monoisotopic (exact) mass is 423 g/mol. The summed E-state index contributed by atoms with van der Waals surface area (Å²) in [6.07, 6.45) is 3.26. The number of thioether (sulfide) groups is 1. The number of carbonyl (C=O) groups is 1. The number of nitrogens with zero attached hydrogens (tertiary/aromatic N) is 4. The first-order valence-corrected chi connectivity index (χ1v) is 10.4. The Balaban J connectivity index is 1.46. The van der Waals surface area contributed by atoms with Gasteiger partial charge in [-0.3, -0.25) is 4.79 Å². The van der Waals surface area contributed by atoms with Gasteiger partial charge in [0.15, 0.2) is 5.65 Å². The predicted octanol–water partition coefficient (Wildman–Crippen LogP) is 4.57. The summed E-state index contributed by atoms with van der Waals surface area (Å²) in [4.78, 5) is 21.1. The Labute approximate surface area is 177 Å². The number of anilines is 1. The molecule has 0 saturated carbocycles. The third kappa shape index (κ3) is 4.58. The molecular formula is C21H18ClN5OS. The Morgan fingerprint density at radius 3 is 2.79 bits per heavy atom. The molecule has 0 unspecified atom stereocenters. The Morgan fingerprint density at radius 2 is 2.00 bits per heavy atom. The summed E-state index contributed by atoms with van der Waals surface area (Å²) in [5, 5.41) is 9.58. The second kappa shape index (κ2) is 8.63. The van der Waals surface area contributed by atoms with Gasteiger partial charge in [0, 0.05) is 10.7 Å². The summed E-state index contributed by atoms with van der Waals surface area (Å²) < 4.78 is 1.84. The molecule has 8 heteroatoms. The lowest BCUT2D eigenvalue weighted by Crippen LogP contribution is -2.15. The molecule has 0 saturated heterocycles. The first-order valence-electron chi connectivity index (χ1n) is 8.99. The molecule has 6 nitrogen and oxygen atoms in total. The predicted molar refractivity (Wildman–Crippen MR) is 116 cm³/mol. The maximum absolute atomic E-state index is 12.4. The van der Waals surface area contributed by atoms with Crippen molar-refractivity contribution in [3.8, 4) is 0 Å². The summed E-state index contributed by atoms with van der Waals surface area (Å²) in [5.41, 5.74) is 3.56. The van der Waals surface area contributed by atoms with Gasteiger partial charge in [0.2, 0.25) is 5.91 Å². The number of benzene rings is 2.